The molecule has 0 aliphatic heterocycles. The van der Waals surface area contributed by atoms with E-state index in [0.717, 1.165) is 17.9 Å². The number of hydrogen-bond acceptors (Lipinski definition) is 3. The molecule has 1 heterocycles. The summed E-state index contributed by atoms with van der Waals surface area (Å²) in [6, 6.07) is 1.99. The van der Waals surface area contributed by atoms with Crippen LogP contribution >= 0.6 is 0 Å². The number of furan rings is 1. The lowest BCUT2D eigenvalue weighted by molar-refractivity contribution is 0.182. The summed E-state index contributed by atoms with van der Waals surface area (Å²) in [4.78, 5) is 0. The summed E-state index contributed by atoms with van der Waals surface area (Å²) < 4.78 is 10.7. The van der Waals surface area contributed by atoms with Gasteiger partial charge in [0.15, 0.2) is 0 Å². The van der Waals surface area contributed by atoms with Crippen molar-refractivity contribution in [3.63, 3.8) is 0 Å². The maximum atomic E-state index is 5.76. The number of methoxy groups -OCH3 is 1. The van der Waals surface area contributed by atoms with Crippen molar-refractivity contribution in [2.75, 3.05) is 13.7 Å². The van der Waals surface area contributed by atoms with Gasteiger partial charge in [-0.15, -0.1) is 0 Å². The third kappa shape index (κ3) is 1.60. The van der Waals surface area contributed by atoms with Gasteiger partial charge in [-0.25, -0.2) is 0 Å². The normalized spacial score (nSPS) is 28.0. The molecule has 2 atom stereocenters. The van der Waals surface area contributed by atoms with Crippen molar-refractivity contribution in [1.82, 2.24) is 0 Å². The second-order valence-corrected chi connectivity index (χ2v) is 4.88. The highest BCUT2D eigenvalue weighted by molar-refractivity contribution is 5.31. The Morgan fingerprint density at radius 1 is 1.53 bits per heavy atom. The van der Waals surface area contributed by atoms with Crippen LogP contribution < -0.4 is 5.73 Å². The largest absolute Gasteiger partial charge is 0.469 e. The van der Waals surface area contributed by atoms with E-state index in [2.05, 4.69) is 13.8 Å². The van der Waals surface area contributed by atoms with Gasteiger partial charge in [-0.2, -0.15) is 0 Å². The zero-order valence-corrected chi connectivity index (χ0v) is 9.62. The van der Waals surface area contributed by atoms with Crippen LogP contribution in [0.15, 0.2) is 16.7 Å². The predicted octanol–water partition coefficient (Wildman–Crippen LogP) is 2.12. The van der Waals surface area contributed by atoms with Gasteiger partial charge in [0.1, 0.15) is 5.76 Å². The SMILES string of the molecule is COCc1ccoc1[C@H]1[C@H](CN)C1(C)C. The fourth-order valence-corrected chi connectivity index (χ4v) is 2.60. The Kier molecular flexibility index (Phi) is 2.61. The van der Waals surface area contributed by atoms with Gasteiger partial charge < -0.3 is 14.9 Å². The van der Waals surface area contributed by atoms with Crippen LogP contribution in [-0.2, 0) is 11.3 Å². The fourth-order valence-electron chi connectivity index (χ4n) is 2.60. The van der Waals surface area contributed by atoms with Gasteiger partial charge in [-0.3, -0.25) is 0 Å². The van der Waals surface area contributed by atoms with E-state index >= 15 is 0 Å². The lowest BCUT2D eigenvalue weighted by atomic mass is 10.1. The second-order valence-electron chi connectivity index (χ2n) is 4.88. The average Bonchev–Trinajstić information content (AvgIpc) is 2.57. The van der Waals surface area contributed by atoms with E-state index < -0.39 is 0 Å². The monoisotopic (exact) mass is 209 g/mol. The summed E-state index contributed by atoms with van der Waals surface area (Å²) in [5, 5.41) is 0. The average molecular weight is 209 g/mol. The van der Waals surface area contributed by atoms with Crippen LogP contribution in [0, 0.1) is 11.3 Å². The minimum atomic E-state index is 0.273. The summed E-state index contributed by atoms with van der Waals surface area (Å²) in [5.41, 5.74) is 7.19. The van der Waals surface area contributed by atoms with Gasteiger partial charge in [0.25, 0.3) is 0 Å². The van der Waals surface area contributed by atoms with Gasteiger partial charge in [-0.1, -0.05) is 13.8 Å². The molecule has 2 N–H and O–H groups in total. The van der Waals surface area contributed by atoms with E-state index in [9.17, 15) is 0 Å². The molecule has 1 aliphatic rings. The van der Waals surface area contributed by atoms with E-state index in [1.165, 1.54) is 0 Å². The molecule has 15 heavy (non-hydrogen) atoms. The van der Waals surface area contributed by atoms with Crippen LogP contribution in [0.1, 0.15) is 31.1 Å². The van der Waals surface area contributed by atoms with Gasteiger partial charge in [-0.05, 0) is 23.9 Å². The van der Waals surface area contributed by atoms with Gasteiger partial charge in [0, 0.05) is 18.6 Å². The fraction of sp³-hybridized carbons (Fsp3) is 0.667. The molecule has 0 unspecified atom stereocenters. The zero-order chi connectivity index (χ0) is 11.1. The van der Waals surface area contributed by atoms with Crippen LogP contribution in [-0.4, -0.2) is 13.7 Å². The van der Waals surface area contributed by atoms with E-state index in [1.54, 1.807) is 13.4 Å². The molecule has 1 saturated carbocycles. The molecule has 1 aromatic rings. The van der Waals surface area contributed by atoms with Crippen molar-refractivity contribution >= 4 is 0 Å². The van der Waals surface area contributed by atoms with Crippen LogP contribution in [0.5, 0.6) is 0 Å². The maximum Gasteiger partial charge on any atom is 0.113 e. The van der Waals surface area contributed by atoms with E-state index in [0.29, 0.717) is 18.4 Å². The molecule has 3 nitrogen and oxygen atoms in total. The topological polar surface area (TPSA) is 48.4 Å². The molecular formula is C12H19NO2. The van der Waals surface area contributed by atoms with Crippen molar-refractivity contribution in [3.05, 3.63) is 23.7 Å². The lowest BCUT2D eigenvalue weighted by Gasteiger charge is -2.02. The van der Waals surface area contributed by atoms with E-state index in [1.807, 2.05) is 6.07 Å². The number of nitrogens with two attached hydrogens (primary N) is 1. The smallest absolute Gasteiger partial charge is 0.113 e. The molecule has 0 saturated heterocycles. The summed E-state index contributed by atoms with van der Waals surface area (Å²) in [6.45, 7) is 5.84. The van der Waals surface area contributed by atoms with Crippen molar-refractivity contribution in [1.29, 1.82) is 0 Å². The van der Waals surface area contributed by atoms with Crippen LogP contribution in [0.25, 0.3) is 0 Å². The highest BCUT2D eigenvalue weighted by Gasteiger charge is 2.59. The molecule has 2 rings (SSSR count). The molecule has 0 bridgehead atoms. The van der Waals surface area contributed by atoms with Gasteiger partial charge in [0.2, 0.25) is 0 Å². The minimum Gasteiger partial charge on any atom is -0.469 e. The number of hydrogen-bond donors (Lipinski definition) is 1. The Labute approximate surface area is 90.6 Å². The van der Waals surface area contributed by atoms with Crippen molar-refractivity contribution in [2.45, 2.75) is 26.4 Å². The molecule has 0 spiro atoms. The first-order valence-corrected chi connectivity index (χ1v) is 5.38. The summed E-state index contributed by atoms with van der Waals surface area (Å²) >= 11 is 0. The summed E-state index contributed by atoms with van der Waals surface area (Å²) in [7, 11) is 1.70. The zero-order valence-electron chi connectivity index (χ0n) is 9.62. The first kappa shape index (κ1) is 10.7. The molecule has 84 valence electrons. The molecule has 0 radical (unpaired) electrons. The van der Waals surface area contributed by atoms with Crippen LogP contribution in [0.2, 0.25) is 0 Å². The first-order chi connectivity index (χ1) is 7.12. The van der Waals surface area contributed by atoms with E-state index in [-0.39, 0.29) is 5.41 Å². The highest BCUT2D eigenvalue weighted by Crippen LogP contribution is 2.64. The minimum absolute atomic E-state index is 0.273. The molecule has 3 heteroatoms. The second kappa shape index (κ2) is 3.65. The van der Waals surface area contributed by atoms with E-state index in [4.69, 9.17) is 14.9 Å². The molecule has 0 aromatic carbocycles. The maximum absolute atomic E-state index is 5.76. The highest BCUT2D eigenvalue weighted by atomic mass is 16.5. The Morgan fingerprint density at radius 3 is 2.80 bits per heavy atom. The third-order valence-electron chi connectivity index (χ3n) is 3.67. The summed E-state index contributed by atoms with van der Waals surface area (Å²) in [6.07, 6.45) is 1.74. The molecule has 1 fully saturated rings. The lowest BCUT2D eigenvalue weighted by Crippen LogP contribution is -2.05. The van der Waals surface area contributed by atoms with Crippen molar-refractivity contribution in [3.8, 4) is 0 Å². The quantitative estimate of drug-likeness (QED) is 0.826. The Balaban J connectivity index is 2.21. The summed E-state index contributed by atoms with van der Waals surface area (Å²) in [5.74, 6) is 2.07. The van der Waals surface area contributed by atoms with Crippen molar-refractivity contribution in [2.24, 2.45) is 17.1 Å². The Hall–Kier alpha value is -0.800. The molecule has 1 aliphatic carbocycles. The Morgan fingerprint density at radius 2 is 2.27 bits per heavy atom. The standard InChI is InChI=1S/C12H19NO2/c1-12(2)9(6-13)10(12)11-8(7-14-3)4-5-15-11/h4-5,9-10H,6-7,13H2,1-3H3/t9-,10+/m0/s1. The molecular weight excluding hydrogens is 190 g/mol. The number of ether oxygens (including phenoxy) is 1. The van der Waals surface area contributed by atoms with Gasteiger partial charge in [0.05, 0.1) is 12.9 Å². The number of rotatable bonds is 4. The molecule has 1 aromatic heterocycles. The predicted molar refractivity (Wildman–Crippen MR) is 58.5 cm³/mol. The van der Waals surface area contributed by atoms with Crippen LogP contribution in [0.3, 0.4) is 0 Å². The van der Waals surface area contributed by atoms with Crippen molar-refractivity contribution < 1.29 is 9.15 Å². The van der Waals surface area contributed by atoms with Gasteiger partial charge >= 0.3 is 0 Å². The van der Waals surface area contributed by atoms with Crippen LogP contribution in [0.4, 0.5) is 0 Å². The Bertz CT molecular complexity index is 343. The first-order valence-electron chi connectivity index (χ1n) is 5.38. The molecule has 0 amide bonds. The third-order valence-corrected chi connectivity index (χ3v) is 3.67.